The van der Waals surface area contributed by atoms with Gasteiger partial charge in [0.2, 0.25) is 10.0 Å². The largest absolute Gasteiger partial charge is 0.377 e. The van der Waals surface area contributed by atoms with E-state index in [0.29, 0.717) is 25.6 Å². The van der Waals surface area contributed by atoms with E-state index in [1.54, 1.807) is 0 Å². The van der Waals surface area contributed by atoms with Crippen molar-refractivity contribution < 1.29 is 13.2 Å². The van der Waals surface area contributed by atoms with E-state index in [-0.39, 0.29) is 17.8 Å². The zero-order valence-electron chi connectivity index (χ0n) is 9.86. The summed E-state index contributed by atoms with van der Waals surface area (Å²) in [7, 11) is -3.18. The van der Waals surface area contributed by atoms with Crippen molar-refractivity contribution in [3.63, 3.8) is 0 Å². The van der Waals surface area contributed by atoms with Crippen molar-refractivity contribution in [3.8, 4) is 0 Å². The summed E-state index contributed by atoms with van der Waals surface area (Å²) in [4.78, 5) is 0. The Morgan fingerprint density at radius 2 is 2.25 bits per heavy atom. The van der Waals surface area contributed by atoms with Gasteiger partial charge in [-0.05, 0) is 19.3 Å². The second kappa shape index (κ2) is 6.19. The molecule has 0 radical (unpaired) electrons. The highest BCUT2D eigenvalue weighted by Crippen LogP contribution is 2.13. The fourth-order valence-electron chi connectivity index (χ4n) is 1.72. The Labute approximate surface area is 103 Å². The van der Waals surface area contributed by atoms with Gasteiger partial charge >= 0.3 is 0 Å². The van der Waals surface area contributed by atoms with Crippen LogP contribution in [0.2, 0.25) is 0 Å². The molecule has 2 unspecified atom stereocenters. The Bertz CT molecular complexity index is 307. The molecule has 1 rings (SSSR count). The first-order valence-electron chi connectivity index (χ1n) is 5.61. The Morgan fingerprint density at radius 1 is 1.56 bits per heavy atom. The van der Waals surface area contributed by atoms with Gasteiger partial charge in [-0.3, -0.25) is 0 Å². The molecule has 0 saturated carbocycles. The summed E-state index contributed by atoms with van der Waals surface area (Å²) in [5.74, 6) is 0.494. The van der Waals surface area contributed by atoms with E-state index < -0.39 is 10.0 Å². The fourth-order valence-corrected chi connectivity index (χ4v) is 3.85. The van der Waals surface area contributed by atoms with Crippen molar-refractivity contribution >= 4 is 21.6 Å². The van der Waals surface area contributed by atoms with Crippen LogP contribution in [0.3, 0.4) is 0 Å². The summed E-state index contributed by atoms with van der Waals surface area (Å²) in [6.45, 7) is 5.40. The summed E-state index contributed by atoms with van der Waals surface area (Å²) in [6, 6.07) is 0. The molecule has 0 aromatic carbocycles. The molecule has 1 heterocycles. The summed E-state index contributed by atoms with van der Waals surface area (Å²) >= 11 is 5.65. The lowest BCUT2D eigenvalue weighted by Gasteiger charge is -2.22. The number of rotatable bonds is 4. The number of alkyl halides is 1. The average Bonchev–Trinajstić information content (AvgIpc) is 2.42. The van der Waals surface area contributed by atoms with E-state index in [1.807, 2.05) is 13.8 Å². The van der Waals surface area contributed by atoms with Crippen LogP contribution in [0.4, 0.5) is 0 Å². The summed E-state index contributed by atoms with van der Waals surface area (Å²) < 4.78 is 31.1. The molecule has 1 aliphatic heterocycles. The van der Waals surface area contributed by atoms with Crippen LogP contribution in [0.5, 0.6) is 0 Å². The Morgan fingerprint density at radius 3 is 2.88 bits per heavy atom. The highest BCUT2D eigenvalue weighted by atomic mass is 35.5. The Balaban J connectivity index is 2.66. The molecule has 2 atom stereocenters. The quantitative estimate of drug-likeness (QED) is 0.723. The molecular formula is C10H20ClNO3S. The predicted octanol–water partition coefficient (Wildman–Crippen LogP) is 1.30. The smallest absolute Gasteiger partial charge is 0.214 e. The standard InChI is InChI=1S/C10H20ClNO3S/c1-9(6-11)8-16(13,14)12-4-3-5-15-10(2)7-12/h9-10H,3-8H2,1-2H3. The number of hydrogen-bond acceptors (Lipinski definition) is 3. The van der Waals surface area contributed by atoms with Crippen LogP contribution in [-0.2, 0) is 14.8 Å². The van der Waals surface area contributed by atoms with E-state index in [1.165, 1.54) is 4.31 Å². The van der Waals surface area contributed by atoms with Crippen LogP contribution in [-0.4, -0.2) is 50.2 Å². The molecule has 96 valence electrons. The molecule has 1 aliphatic rings. The highest BCUT2D eigenvalue weighted by molar-refractivity contribution is 7.89. The Hall–Kier alpha value is 0.160. The monoisotopic (exact) mass is 269 g/mol. The van der Waals surface area contributed by atoms with Gasteiger partial charge in [0.1, 0.15) is 0 Å². The van der Waals surface area contributed by atoms with Crippen molar-refractivity contribution in [2.24, 2.45) is 5.92 Å². The molecular weight excluding hydrogens is 250 g/mol. The molecule has 0 aromatic rings. The molecule has 0 amide bonds. The second-order valence-electron chi connectivity index (χ2n) is 4.43. The van der Waals surface area contributed by atoms with Crippen molar-refractivity contribution in [2.45, 2.75) is 26.4 Å². The molecule has 16 heavy (non-hydrogen) atoms. The maximum absolute atomic E-state index is 12.1. The van der Waals surface area contributed by atoms with Crippen LogP contribution in [0, 0.1) is 5.92 Å². The molecule has 1 fully saturated rings. The molecule has 0 aromatic heterocycles. The first-order chi connectivity index (χ1) is 7.45. The van der Waals surface area contributed by atoms with E-state index in [0.717, 1.165) is 6.42 Å². The predicted molar refractivity (Wildman–Crippen MR) is 65.3 cm³/mol. The topological polar surface area (TPSA) is 46.6 Å². The van der Waals surface area contributed by atoms with Gasteiger partial charge < -0.3 is 4.74 Å². The van der Waals surface area contributed by atoms with E-state index in [4.69, 9.17) is 16.3 Å². The van der Waals surface area contributed by atoms with Crippen LogP contribution in [0.25, 0.3) is 0 Å². The van der Waals surface area contributed by atoms with Gasteiger partial charge in [-0.1, -0.05) is 6.92 Å². The Kier molecular flexibility index (Phi) is 5.50. The average molecular weight is 270 g/mol. The highest BCUT2D eigenvalue weighted by Gasteiger charge is 2.27. The van der Waals surface area contributed by atoms with Crippen LogP contribution in [0.15, 0.2) is 0 Å². The molecule has 6 heteroatoms. The summed E-state index contributed by atoms with van der Waals surface area (Å²) in [5.41, 5.74) is 0. The van der Waals surface area contributed by atoms with Gasteiger partial charge in [-0.15, -0.1) is 11.6 Å². The first kappa shape index (κ1) is 14.2. The molecule has 1 saturated heterocycles. The normalized spacial score (nSPS) is 26.3. The number of sulfonamides is 1. The lowest BCUT2D eigenvalue weighted by Crippen LogP contribution is -2.38. The van der Waals surface area contributed by atoms with Gasteiger partial charge in [-0.2, -0.15) is 4.31 Å². The minimum Gasteiger partial charge on any atom is -0.377 e. The lowest BCUT2D eigenvalue weighted by molar-refractivity contribution is 0.0752. The SMILES string of the molecule is CC(CCl)CS(=O)(=O)N1CCCOC(C)C1. The minimum atomic E-state index is -3.18. The minimum absolute atomic E-state index is 0.00820. The maximum Gasteiger partial charge on any atom is 0.214 e. The molecule has 0 bridgehead atoms. The lowest BCUT2D eigenvalue weighted by atomic mass is 10.3. The maximum atomic E-state index is 12.1. The van der Waals surface area contributed by atoms with Gasteiger partial charge in [0.05, 0.1) is 11.9 Å². The number of hydrogen-bond donors (Lipinski definition) is 0. The van der Waals surface area contributed by atoms with Crippen molar-refractivity contribution in [1.29, 1.82) is 0 Å². The van der Waals surface area contributed by atoms with E-state index in [2.05, 4.69) is 0 Å². The van der Waals surface area contributed by atoms with Gasteiger partial charge in [0, 0.05) is 25.6 Å². The van der Waals surface area contributed by atoms with Crippen LogP contribution >= 0.6 is 11.6 Å². The molecule has 4 nitrogen and oxygen atoms in total. The first-order valence-corrected chi connectivity index (χ1v) is 7.75. The number of nitrogens with zero attached hydrogens (tertiary/aromatic N) is 1. The van der Waals surface area contributed by atoms with Crippen molar-refractivity contribution in [3.05, 3.63) is 0 Å². The van der Waals surface area contributed by atoms with Crippen LogP contribution < -0.4 is 0 Å². The zero-order valence-corrected chi connectivity index (χ0v) is 11.4. The molecule has 0 aliphatic carbocycles. The summed E-state index contributed by atoms with van der Waals surface area (Å²) in [5, 5.41) is 0. The molecule has 0 spiro atoms. The van der Waals surface area contributed by atoms with Crippen molar-refractivity contribution in [1.82, 2.24) is 4.31 Å². The van der Waals surface area contributed by atoms with E-state index in [9.17, 15) is 8.42 Å². The number of ether oxygens (including phenoxy) is 1. The third kappa shape index (κ3) is 4.20. The van der Waals surface area contributed by atoms with Crippen molar-refractivity contribution in [2.75, 3.05) is 31.3 Å². The number of halogens is 1. The third-order valence-corrected chi connectivity index (χ3v) is 5.20. The molecule has 0 N–H and O–H groups in total. The summed E-state index contributed by atoms with van der Waals surface area (Å²) in [6.07, 6.45) is 0.738. The zero-order chi connectivity index (χ0) is 12.2. The second-order valence-corrected chi connectivity index (χ2v) is 6.75. The van der Waals surface area contributed by atoms with Gasteiger partial charge in [0.15, 0.2) is 0 Å². The van der Waals surface area contributed by atoms with Gasteiger partial charge in [-0.25, -0.2) is 8.42 Å². The van der Waals surface area contributed by atoms with Crippen LogP contribution in [0.1, 0.15) is 20.3 Å². The third-order valence-electron chi connectivity index (χ3n) is 2.57. The fraction of sp³-hybridized carbons (Fsp3) is 1.00. The van der Waals surface area contributed by atoms with Gasteiger partial charge in [0.25, 0.3) is 0 Å². The van der Waals surface area contributed by atoms with E-state index >= 15 is 0 Å².